The molecule has 2 aromatic carbocycles. The molecule has 2 heterocycles. The van der Waals surface area contributed by atoms with Crippen LogP contribution in [-0.4, -0.2) is 66.8 Å². The quantitative estimate of drug-likeness (QED) is 0.489. The van der Waals surface area contributed by atoms with Crippen molar-refractivity contribution in [1.29, 1.82) is 0 Å². The number of rotatable bonds is 9. The van der Waals surface area contributed by atoms with Gasteiger partial charge in [0, 0.05) is 45.2 Å². The van der Waals surface area contributed by atoms with Gasteiger partial charge >= 0.3 is 0 Å². The van der Waals surface area contributed by atoms with Crippen molar-refractivity contribution in [3.8, 4) is 0 Å². The van der Waals surface area contributed by atoms with Gasteiger partial charge in [-0.3, -0.25) is 4.79 Å². The van der Waals surface area contributed by atoms with Crippen LogP contribution in [0.2, 0.25) is 0 Å². The molecule has 35 heavy (non-hydrogen) atoms. The van der Waals surface area contributed by atoms with Crippen molar-refractivity contribution in [2.75, 3.05) is 39.0 Å². The van der Waals surface area contributed by atoms with Crippen molar-refractivity contribution >= 4 is 32.7 Å². The van der Waals surface area contributed by atoms with E-state index in [1.54, 1.807) is 22.5 Å². The van der Waals surface area contributed by atoms with E-state index >= 15 is 0 Å². The highest BCUT2D eigenvalue weighted by Gasteiger charge is 2.26. The Bertz CT molecular complexity index is 1280. The minimum atomic E-state index is -3.51. The lowest BCUT2D eigenvalue weighted by Gasteiger charge is -2.25. The van der Waals surface area contributed by atoms with Gasteiger partial charge in [-0.2, -0.15) is 4.31 Å². The lowest BCUT2D eigenvalue weighted by Crippen LogP contribution is -2.35. The summed E-state index contributed by atoms with van der Waals surface area (Å²) in [4.78, 5) is 19.6. The molecule has 1 aliphatic rings. The number of aromatic nitrogens is 2. The summed E-state index contributed by atoms with van der Waals surface area (Å²) in [5.41, 5.74) is 3.50. The van der Waals surface area contributed by atoms with Gasteiger partial charge in [-0.15, -0.1) is 0 Å². The number of nitrogens with zero attached hydrogens (tertiary/aromatic N) is 4. The first-order valence-corrected chi connectivity index (χ1v) is 13.7. The van der Waals surface area contributed by atoms with Crippen molar-refractivity contribution in [1.82, 2.24) is 18.8 Å². The maximum absolute atomic E-state index is 13.0. The largest absolute Gasteiger partial charge is 0.331 e. The summed E-state index contributed by atoms with van der Waals surface area (Å²) in [5.74, 6) is 0.674. The first-order chi connectivity index (χ1) is 16.7. The third kappa shape index (κ3) is 6.09. The Morgan fingerprint density at radius 1 is 1.03 bits per heavy atom. The number of likely N-dealkylation sites (N-methyl/N-ethyl adjacent to an activating group) is 1. The molecule has 1 amide bonds. The van der Waals surface area contributed by atoms with Crippen molar-refractivity contribution < 1.29 is 13.2 Å². The lowest BCUT2D eigenvalue weighted by atomic mass is 10.1. The monoisotopic (exact) mass is 497 g/mol. The summed E-state index contributed by atoms with van der Waals surface area (Å²) in [5, 5.41) is 2.95. The van der Waals surface area contributed by atoms with Gasteiger partial charge in [0.15, 0.2) is 0 Å². The van der Waals surface area contributed by atoms with E-state index in [2.05, 4.69) is 29.3 Å². The lowest BCUT2D eigenvalue weighted by molar-refractivity contribution is -0.116. The molecule has 0 bridgehead atoms. The molecule has 1 aliphatic heterocycles. The fraction of sp³-hybridized carbons (Fsp3) is 0.462. The van der Waals surface area contributed by atoms with Gasteiger partial charge < -0.3 is 14.8 Å². The molecule has 0 radical (unpaired) electrons. The zero-order valence-corrected chi connectivity index (χ0v) is 21.6. The van der Waals surface area contributed by atoms with Crippen LogP contribution in [0.3, 0.4) is 0 Å². The summed E-state index contributed by atoms with van der Waals surface area (Å²) >= 11 is 0. The molecule has 1 fully saturated rings. The molecule has 0 saturated carbocycles. The number of hydrogen-bond donors (Lipinski definition) is 1. The van der Waals surface area contributed by atoms with Gasteiger partial charge in [-0.1, -0.05) is 18.6 Å². The van der Waals surface area contributed by atoms with Gasteiger partial charge in [0.25, 0.3) is 0 Å². The van der Waals surface area contributed by atoms with Gasteiger partial charge in [-0.25, -0.2) is 13.4 Å². The van der Waals surface area contributed by atoms with Crippen molar-refractivity contribution in [3.63, 3.8) is 0 Å². The second-order valence-corrected chi connectivity index (χ2v) is 11.4. The molecule has 0 unspecified atom stereocenters. The summed E-state index contributed by atoms with van der Waals surface area (Å²) in [6, 6.07) is 13.1. The van der Waals surface area contributed by atoms with E-state index in [-0.39, 0.29) is 10.8 Å². The Labute approximate surface area is 208 Å². The Morgan fingerprint density at radius 3 is 2.43 bits per heavy atom. The van der Waals surface area contributed by atoms with Crippen LogP contribution in [0.25, 0.3) is 11.0 Å². The number of carbonyl (C=O) groups is 1. The minimum absolute atomic E-state index is 0.0773. The van der Waals surface area contributed by atoms with Crippen LogP contribution >= 0.6 is 0 Å². The number of amides is 1. The molecular formula is C26H35N5O3S. The van der Waals surface area contributed by atoms with E-state index < -0.39 is 10.0 Å². The number of benzene rings is 2. The molecule has 3 aromatic rings. The van der Waals surface area contributed by atoms with Gasteiger partial charge in [0.1, 0.15) is 5.82 Å². The predicted molar refractivity (Wildman–Crippen MR) is 139 cm³/mol. The highest BCUT2D eigenvalue weighted by atomic mass is 32.2. The first kappa shape index (κ1) is 25.3. The number of sulfonamides is 1. The molecule has 9 heteroatoms. The molecule has 8 nitrogen and oxygen atoms in total. The molecule has 1 N–H and O–H groups in total. The van der Waals surface area contributed by atoms with E-state index in [9.17, 15) is 13.2 Å². The standard InChI is InChI=1S/C26H35N5O3S/c1-29(2)18-15-20-7-9-21(10-8-20)27-26(32)14-13-25-28-23-19-22(11-12-24(23)30(25)3)35(33,34)31-16-5-4-6-17-31/h7-12,19H,4-6,13-18H2,1-3H3,(H,27,32). The molecule has 1 aromatic heterocycles. The van der Waals surface area contributed by atoms with Crippen LogP contribution in [0, 0.1) is 0 Å². The maximum atomic E-state index is 13.0. The normalized spacial score (nSPS) is 15.1. The number of aryl methyl sites for hydroxylation is 2. The third-order valence-electron chi connectivity index (χ3n) is 6.56. The van der Waals surface area contributed by atoms with Gasteiger partial charge in [0.2, 0.25) is 15.9 Å². The van der Waals surface area contributed by atoms with E-state index in [0.717, 1.165) is 49.3 Å². The topological polar surface area (TPSA) is 87.5 Å². The average molecular weight is 498 g/mol. The summed E-state index contributed by atoms with van der Waals surface area (Å²) in [7, 11) is 2.49. The van der Waals surface area contributed by atoms with Gasteiger partial charge in [-0.05, 0) is 69.3 Å². The van der Waals surface area contributed by atoms with Crippen LogP contribution in [0.5, 0.6) is 0 Å². The average Bonchev–Trinajstić information content (AvgIpc) is 3.17. The van der Waals surface area contributed by atoms with Crippen molar-refractivity contribution in [2.45, 2.75) is 43.4 Å². The molecule has 0 spiro atoms. The van der Waals surface area contributed by atoms with Crippen LogP contribution in [-0.2, 0) is 34.7 Å². The molecule has 4 rings (SSSR count). The van der Waals surface area contributed by atoms with E-state index in [0.29, 0.717) is 31.4 Å². The number of hydrogen-bond acceptors (Lipinski definition) is 5. The number of piperidine rings is 1. The van der Waals surface area contributed by atoms with E-state index in [1.165, 1.54) is 5.56 Å². The Balaban J connectivity index is 1.39. The number of fused-ring (bicyclic) bond motifs is 1. The minimum Gasteiger partial charge on any atom is -0.331 e. The fourth-order valence-corrected chi connectivity index (χ4v) is 5.96. The van der Waals surface area contributed by atoms with Gasteiger partial charge in [0.05, 0.1) is 15.9 Å². The number of nitrogens with one attached hydrogen (secondary N) is 1. The Morgan fingerprint density at radius 2 is 1.74 bits per heavy atom. The highest BCUT2D eigenvalue weighted by molar-refractivity contribution is 7.89. The first-order valence-electron chi connectivity index (χ1n) is 12.2. The molecule has 1 saturated heterocycles. The zero-order chi connectivity index (χ0) is 25.0. The fourth-order valence-electron chi connectivity index (χ4n) is 4.42. The zero-order valence-electron chi connectivity index (χ0n) is 20.8. The van der Waals surface area contributed by atoms with E-state index in [1.807, 2.05) is 35.9 Å². The Kier molecular flexibility index (Phi) is 7.88. The van der Waals surface area contributed by atoms with Crippen LogP contribution < -0.4 is 5.32 Å². The molecule has 0 aliphatic carbocycles. The molecular weight excluding hydrogens is 462 g/mol. The van der Waals surface area contributed by atoms with Crippen LogP contribution in [0.1, 0.15) is 37.1 Å². The molecule has 188 valence electrons. The number of anilines is 1. The number of imidazole rings is 1. The summed E-state index contributed by atoms with van der Waals surface area (Å²) < 4.78 is 29.6. The molecule has 0 atom stereocenters. The SMILES string of the molecule is CN(C)CCc1ccc(NC(=O)CCc2nc3cc(S(=O)(=O)N4CCCCC4)ccc3n2C)cc1. The number of carbonyl (C=O) groups excluding carboxylic acids is 1. The smallest absolute Gasteiger partial charge is 0.243 e. The van der Waals surface area contributed by atoms with Crippen LogP contribution in [0.4, 0.5) is 5.69 Å². The Hall–Kier alpha value is -2.75. The van der Waals surface area contributed by atoms with Crippen LogP contribution in [0.15, 0.2) is 47.4 Å². The van der Waals surface area contributed by atoms with E-state index in [4.69, 9.17) is 0 Å². The second-order valence-electron chi connectivity index (χ2n) is 9.50. The van der Waals surface area contributed by atoms with Crippen molar-refractivity contribution in [3.05, 3.63) is 53.9 Å². The van der Waals surface area contributed by atoms with Crippen molar-refractivity contribution in [2.24, 2.45) is 7.05 Å². The second kappa shape index (κ2) is 10.9. The predicted octanol–water partition coefficient (Wildman–Crippen LogP) is 3.42. The third-order valence-corrected chi connectivity index (χ3v) is 8.45. The summed E-state index contributed by atoms with van der Waals surface area (Å²) in [6.07, 6.45) is 4.60. The summed E-state index contributed by atoms with van der Waals surface area (Å²) in [6.45, 7) is 2.12. The highest BCUT2D eigenvalue weighted by Crippen LogP contribution is 2.25. The maximum Gasteiger partial charge on any atom is 0.243 e.